The molecule has 4 aliphatic rings. The Morgan fingerprint density at radius 3 is 2.61 bits per heavy atom. The van der Waals surface area contributed by atoms with E-state index in [-0.39, 0.29) is 28.9 Å². The molecule has 2 heterocycles. The van der Waals surface area contributed by atoms with Crippen molar-refractivity contribution in [3.05, 3.63) is 23.3 Å². The number of nitrogens with zero attached hydrogens (tertiary/aromatic N) is 2. The SMILES string of the molecule is CN[C@@H](CCCCC(=N)N)C(=O)CCC(C)(C)C(C)(C)N(C)C(=O)Oc1ccc2c3c1O[C@H]1C(=O)CC[C@@]4(C)[C@@H](C2)N(C)CC[C@]314. The number of rotatable bonds is 13. The summed E-state index contributed by atoms with van der Waals surface area (Å²) in [6, 6.07) is 3.99. The second-order valence-corrected chi connectivity index (χ2v) is 15.7. The maximum absolute atomic E-state index is 13.8. The molecule has 4 N–H and O–H groups in total. The van der Waals surface area contributed by atoms with Gasteiger partial charge in [-0.05, 0) is 95.5 Å². The number of ketones is 2. The average molecular weight is 638 g/mol. The molecule has 10 nitrogen and oxygen atoms in total. The number of likely N-dealkylation sites (tertiary alicyclic amines) is 1. The lowest BCUT2D eigenvalue weighted by Gasteiger charge is -2.63. The predicted octanol–water partition coefficient (Wildman–Crippen LogP) is 4.98. The molecule has 0 unspecified atom stereocenters. The highest BCUT2D eigenvalue weighted by atomic mass is 16.6. The van der Waals surface area contributed by atoms with E-state index in [4.69, 9.17) is 20.6 Å². The lowest BCUT2D eigenvalue weighted by Crippen LogP contribution is -2.70. The number of nitrogens with two attached hydrogens (primary N) is 1. The lowest BCUT2D eigenvalue weighted by molar-refractivity contribution is -0.150. The molecule has 1 aromatic carbocycles. The Morgan fingerprint density at radius 1 is 1.22 bits per heavy atom. The topological polar surface area (TPSA) is 138 Å². The first-order valence-corrected chi connectivity index (χ1v) is 17.1. The smallest absolute Gasteiger partial charge is 0.415 e. The number of carbonyl (C=O) groups excluding carboxylic acids is 3. The van der Waals surface area contributed by atoms with E-state index in [1.807, 2.05) is 19.9 Å². The van der Waals surface area contributed by atoms with Gasteiger partial charge in [0.1, 0.15) is 5.78 Å². The van der Waals surface area contributed by atoms with Crippen LogP contribution in [0.5, 0.6) is 11.5 Å². The summed E-state index contributed by atoms with van der Waals surface area (Å²) in [5.74, 6) is 1.41. The Kier molecular flexibility index (Phi) is 9.14. The van der Waals surface area contributed by atoms with E-state index in [9.17, 15) is 14.4 Å². The van der Waals surface area contributed by atoms with Gasteiger partial charge < -0.3 is 30.3 Å². The molecule has 254 valence electrons. The van der Waals surface area contributed by atoms with Crippen LogP contribution < -0.4 is 20.5 Å². The van der Waals surface area contributed by atoms with Gasteiger partial charge in [-0.25, -0.2) is 4.79 Å². The summed E-state index contributed by atoms with van der Waals surface area (Å²) >= 11 is 0. The third-order valence-electron chi connectivity index (χ3n) is 13.0. The van der Waals surface area contributed by atoms with Crippen LogP contribution in [0.4, 0.5) is 4.79 Å². The van der Waals surface area contributed by atoms with Crippen LogP contribution in [-0.4, -0.2) is 84.7 Å². The molecule has 0 radical (unpaired) electrons. The highest BCUT2D eigenvalue weighted by molar-refractivity contribution is 5.90. The lowest BCUT2D eigenvalue weighted by atomic mass is 9.44. The van der Waals surface area contributed by atoms with Crippen LogP contribution in [-0.2, 0) is 21.4 Å². The molecule has 46 heavy (non-hydrogen) atoms. The van der Waals surface area contributed by atoms with Gasteiger partial charge in [0.15, 0.2) is 23.4 Å². The first-order valence-electron chi connectivity index (χ1n) is 17.1. The zero-order chi connectivity index (χ0) is 33.8. The number of likely N-dealkylation sites (N-methyl/N-ethyl adjacent to an activating group) is 2. The minimum absolute atomic E-state index is 0.0967. The van der Waals surface area contributed by atoms with Crippen molar-refractivity contribution in [2.45, 2.75) is 128 Å². The molecule has 2 fully saturated rings. The summed E-state index contributed by atoms with van der Waals surface area (Å²) in [6.07, 6.45) is 5.88. The van der Waals surface area contributed by atoms with Crippen molar-refractivity contribution in [2.24, 2.45) is 16.6 Å². The second kappa shape index (κ2) is 12.2. The van der Waals surface area contributed by atoms with Gasteiger partial charge in [0, 0.05) is 43.5 Å². The number of amidine groups is 1. The van der Waals surface area contributed by atoms with Gasteiger partial charge in [-0.1, -0.05) is 33.3 Å². The molecule has 1 spiro atoms. The zero-order valence-electron chi connectivity index (χ0n) is 29.2. The van der Waals surface area contributed by atoms with E-state index in [0.717, 1.165) is 44.2 Å². The Hall–Kier alpha value is -2.98. The number of carbonyl (C=O) groups is 3. The van der Waals surface area contributed by atoms with E-state index in [1.54, 1.807) is 19.0 Å². The fourth-order valence-corrected chi connectivity index (χ4v) is 8.95. The van der Waals surface area contributed by atoms with Crippen molar-refractivity contribution in [3.63, 3.8) is 0 Å². The molecular weight excluding hydrogens is 582 g/mol. The highest BCUT2D eigenvalue weighted by Crippen LogP contribution is 2.68. The third-order valence-corrected chi connectivity index (χ3v) is 13.0. The van der Waals surface area contributed by atoms with Gasteiger partial charge in [0.2, 0.25) is 0 Å². The van der Waals surface area contributed by atoms with Gasteiger partial charge in [-0.15, -0.1) is 0 Å². The standard InChI is InChI=1S/C36H55N5O5/c1-33(2,17-15-24(42)23(39-6)11-9-10-12-28(37)38)34(3,4)41(8)32(44)45-26-14-13-22-21-27-35(5)18-16-25(43)31-36(35,19-20-40(27)7)29(22)30(26)46-31/h13-14,23,27,31,39H,9-12,15-21H2,1-8H3,(H3,37,38)/t23-,27+,31-,35-,36-/m0/s1. The molecule has 10 heteroatoms. The van der Waals surface area contributed by atoms with E-state index in [1.165, 1.54) is 5.56 Å². The minimum Gasteiger partial charge on any atom is -0.477 e. The van der Waals surface area contributed by atoms with Crippen LogP contribution in [0.3, 0.4) is 0 Å². The van der Waals surface area contributed by atoms with Crippen molar-refractivity contribution in [1.29, 1.82) is 5.41 Å². The molecule has 2 aliphatic carbocycles. The minimum atomic E-state index is -0.654. The van der Waals surface area contributed by atoms with E-state index >= 15 is 0 Å². The van der Waals surface area contributed by atoms with Crippen molar-refractivity contribution in [1.82, 2.24) is 15.1 Å². The summed E-state index contributed by atoms with van der Waals surface area (Å²) in [4.78, 5) is 44.5. The maximum atomic E-state index is 13.8. The van der Waals surface area contributed by atoms with Crippen LogP contribution in [0.2, 0.25) is 0 Å². The van der Waals surface area contributed by atoms with Crippen LogP contribution in [0.25, 0.3) is 0 Å². The normalized spacial score (nSPS) is 27.4. The summed E-state index contributed by atoms with van der Waals surface area (Å²) < 4.78 is 12.7. The average Bonchev–Trinajstić information content (AvgIpc) is 3.36. The number of benzene rings is 1. The quantitative estimate of drug-likeness (QED) is 0.156. The van der Waals surface area contributed by atoms with Gasteiger partial charge >= 0.3 is 6.09 Å². The van der Waals surface area contributed by atoms with Crippen molar-refractivity contribution in [2.75, 3.05) is 27.7 Å². The van der Waals surface area contributed by atoms with Gasteiger partial charge in [0.25, 0.3) is 0 Å². The number of hydrogen-bond acceptors (Lipinski definition) is 8. The summed E-state index contributed by atoms with van der Waals surface area (Å²) in [5.41, 5.74) is 6.18. The molecule has 0 aromatic heterocycles. The molecule has 1 saturated carbocycles. The van der Waals surface area contributed by atoms with E-state index < -0.39 is 28.6 Å². The largest absolute Gasteiger partial charge is 0.477 e. The third kappa shape index (κ3) is 5.33. The Labute approximate surface area is 274 Å². The number of piperidine rings is 1. The number of ether oxygens (including phenoxy) is 2. The predicted molar refractivity (Wildman–Crippen MR) is 179 cm³/mol. The fourth-order valence-electron chi connectivity index (χ4n) is 8.95. The number of hydrogen-bond donors (Lipinski definition) is 3. The molecular formula is C36H55N5O5. The zero-order valence-corrected chi connectivity index (χ0v) is 29.2. The Morgan fingerprint density at radius 2 is 1.93 bits per heavy atom. The van der Waals surface area contributed by atoms with Crippen molar-refractivity contribution in [3.8, 4) is 11.5 Å². The summed E-state index contributed by atoms with van der Waals surface area (Å²) in [5, 5.41) is 10.5. The fraction of sp³-hybridized carbons (Fsp3) is 0.722. The van der Waals surface area contributed by atoms with Gasteiger partial charge in [-0.3, -0.25) is 15.0 Å². The van der Waals surface area contributed by atoms with Crippen LogP contribution in [0, 0.1) is 16.2 Å². The Balaban J connectivity index is 1.31. The summed E-state index contributed by atoms with van der Waals surface area (Å²) in [6.45, 7) is 11.4. The maximum Gasteiger partial charge on any atom is 0.415 e. The second-order valence-electron chi connectivity index (χ2n) is 15.7. The number of unbranched alkanes of at least 4 members (excludes halogenated alkanes) is 1. The van der Waals surface area contributed by atoms with Gasteiger partial charge in [0.05, 0.1) is 17.3 Å². The molecule has 2 bridgehead atoms. The van der Waals surface area contributed by atoms with Crippen LogP contribution >= 0.6 is 0 Å². The number of Topliss-reactive ketones (excluding diaryl/α,β-unsaturated/α-hetero) is 2. The van der Waals surface area contributed by atoms with Gasteiger partial charge in [-0.2, -0.15) is 0 Å². The van der Waals surface area contributed by atoms with Crippen LogP contribution in [0.1, 0.15) is 104 Å². The van der Waals surface area contributed by atoms with E-state index in [2.05, 4.69) is 44.1 Å². The number of amides is 1. The molecule has 1 amide bonds. The highest BCUT2D eigenvalue weighted by Gasteiger charge is 2.71. The molecule has 2 aliphatic heterocycles. The van der Waals surface area contributed by atoms with E-state index in [0.29, 0.717) is 49.6 Å². The van der Waals surface area contributed by atoms with Crippen molar-refractivity contribution < 1.29 is 23.9 Å². The van der Waals surface area contributed by atoms with Crippen LogP contribution in [0.15, 0.2) is 12.1 Å². The molecule has 1 saturated heterocycles. The first kappa shape index (κ1) is 34.4. The molecule has 5 atom stereocenters. The molecule has 1 aromatic rings. The number of nitrogens with one attached hydrogen (secondary N) is 2. The monoisotopic (exact) mass is 637 g/mol. The first-order chi connectivity index (χ1) is 21.5. The van der Waals surface area contributed by atoms with Crippen molar-refractivity contribution >= 4 is 23.5 Å². The Bertz CT molecular complexity index is 1410. The summed E-state index contributed by atoms with van der Waals surface area (Å²) in [7, 11) is 5.74. The molecule has 5 rings (SSSR count).